The summed E-state index contributed by atoms with van der Waals surface area (Å²) < 4.78 is 26.5. The molecule has 1 fully saturated rings. The quantitative estimate of drug-likeness (QED) is 0.827. The van der Waals surface area contributed by atoms with E-state index in [4.69, 9.17) is 5.73 Å². The standard InChI is InChI=1S/C15H23N3O3S/c1-12(16)15(19)17-11-13-7-9-18(10-8-13)22(20,21)14-5-3-2-4-6-14/h2-6,12-13H,7-11,16H2,1H3,(H,17,19)/t12-/m1/s1. The monoisotopic (exact) mass is 325 g/mol. The first-order valence-electron chi connectivity index (χ1n) is 7.49. The molecule has 1 amide bonds. The van der Waals surface area contributed by atoms with Crippen LogP contribution in [0.25, 0.3) is 0 Å². The summed E-state index contributed by atoms with van der Waals surface area (Å²) in [6, 6.07) is 7.96. The van der Waals surface area contributed by atoms with Crippen molar-refractivity contribution in [2.45, 2.75) is 30.7 Å². The molecule has 7 heteroatoms. The number of nitrogens with one attached hydrogen (secondary N) is 1. The SMILES string of the molecule is C[C@@H](N)C(=O)NCC1CCN(S(=O)(=O)c2ccccc2)CC1. The number of sulfonamides is 1. The van der Waals surface area contributed by atoms with Gasteiger partial charge in [-0.05, 0) is 37.8 Å². The fraction of sp³-hybridized carbons (Fsp3) is 0.533. The van der Waals surface area contributed by atoms with Crippen molar-refractivity contribution < 1.29 is 13.2 Å². The van der Waals surface area contributed by atoms with Crippen LogP contribution in [0.3, 0.4) is 0 Å². The van der Waals surface area contributed by atoms with Crippen LogP contribution in [0.4, 0.5) is 0 Å². The topological polar surface area (TPSA) is 92.5 Å². The molecule has 2 rings (SSSR count). The van der Waals surface area contributed by atoms with Crippen LogP contribution in [0.15, 0.2) is 35.2 Å². The number of hydrogen-bond acceptors (Lipinski definition) is 4. The number of piperidine rings is 1. The number of benzene rings is 1. The van der Waals surface area contributed by atoms with Crippen LogP contribution < -0.4 is 11.1 Å². The van der Waals surface area contributed by atoms with Crippen LogP contribution in [-0.2, 0) is 14.8 Å². The number of rotatable bonds is 5. The van der Waals surface area contributed by atoms with Crippen molar-refractivity contribution in [3.8, 4) is 0 Å². The molecule has 1 atom stereocenters. The van der Waals surface area contributed by atoms with E-state index in [0.29, 0.717) is 30.4 Å². The molecule has 0 bridgehead atoms. The van der Waals surface area contributed by atoms with Crippen LogP contribution in [0.2, 0.25) is 0 Å². The van der Waals surface area contributed by atoms with E-state index in [-0.39, 0.29) is 5.91 Å². The Balaban J connectivity index is 1.88. The summed E-state index contributed by atoms with van der Waals surface area (Å²) in [6.45, 7) is 3.16. The summed E-state index contributed by atoms with van der Waals surface area (Å²) in [4.78, 5) is 11.8. The lowest BCUT2D eigenvalue weighted by molar-refractivity contribution is -0.122. The second kappa shape index (κ2) is 7.21. The number of nitrogens with zero attached hydrogens (tertiary/aromatic N) is 1. The molecule has 22 heavy (non-hydrogen) atoms. The Labute approximate surface area is 131 Å². The first kappa shape index (κ1) is 16.9. The minimum Gasteiger partial charge on any atom is -0.354 e. The van der Waals surface area contributed by atoms with Crippen molar-refractivity contribution in [2.24, 2.45) is 11.7 Å². The maximum Gasteiger partial charge on any atom is 0.243 e. The van der Waals surface area contributed by atoms with Gasteiger partial charge in [-0.2, -0.15) is 4.31 Å². The van der Waals surface area contributed by atoms with E-state index in [0.717, 1.165) is 12.8 Å². The van der Waals surface area contributed by atoms with Crippen LogP contribution in [0.1, 0.15) is 19.8 Å². The zero-order valence-corrected chi connectivity index (χ0v) is 13.6. The van der Waals surface area contributed by atoms with Gasteiger partial charge >= 0.3 is 0 Å². The van der Waals surface area contributed by atoms with Crippen molar-refractivity contribution in [2.75, 3.05) is 19.6 Å². The molecule has 0 saturated carbocycles. The lowest BCUT2D eigenvalue weighted by atomic mass is 9.98. The third kappa shape index (κ3) is 4.06. The Kier molecular flexibility index (Phi) is 5.55. The van der Waals surface area contributed by atoms with E-state index in [1.807, 2.05) is 0 Å². The van der Waals surface area contributed by atoms with E-state index in [1.165, 1.54) is 4.31 Å². The highest BCUT2D eigenvalue weighted by Crippen LogP contribution is 2.23. The lowest BCUT2D eigenvalue weighted by Gasteiger charge is -2.31. The second-order valence-electron chi connectivity index (χ2n) is 5.69. The van der Waals surface area contributed by atoms with Crippen LogP contribution in [0.5, 0.6) is 0 Å². The molecule has 122 valence electrons. The number of carbonyl (C=O) groups excluding carboxylic acids is 1. The van der Waals surface area contributed by atoms with Gasteiger partial charge in [0, 0.05) is 19.6 Å². The van der Waals surface area contributed by atoms with E-state index in [9.17, 15) is 13.2 Å². The van der Waals surface area contributed by atoms with Gasteiger partial charge in [0.2, 0.25) is 15.9 Å². The summed E-state index contributed by atoms with van der Waals surface area (Å²) in [7, 11) is -3.40. The van der Waals surface area contributed by atoms with Gasteiger partial charge in [-0.1, -0.05) is 18.2 Å². The fourth-order valence-electron chi connectivity index (χ4n) is 2.50. The zero-order valence-electron chi connectivity index (χ0n) is 12.7. The van der Waals surface area contributed by atoms with Gasteiger partial charge in [-0.15, -0.1) is 0 Å². The predicted octanol–water partition coefficient (Wildman–Crippen LogP) is 0.551. The van der Waals surface area contributed by atoms with Crippen LogP contribution >= 0.6 is 0 Å². The minimum absolute atomic E-state index is 0.167. The van der Waals surface area contributed by atoms with Gasteiger partial charge in [-0.3, -0.25) is 4.79 Å². The van der Waals surface area contributed by atoms with E-state index >= 15 is 0 Å². The van der Waals surface area contributed by atoms with Gasteiger partial charge in [0.25, 0.3) is 0 Å². The smallest absolute Gasteiger partial charge is 0.243 e. The highest BCUT2D eigenvalue weighted by Gasteiger charge is 2.29. The Hall–Kier alpha value is -1.44. The molecular formula is C15H23N3O3S. The Morgan fingerprint density at radius 2 is 1.91 bits per heavy atom. The van der Waals surface area contributed by atoms with Gasteiger partial charge in [0.05, 0.1) is 10.9 Å². The van der Waals surface area contributed by atoms with Gasteiger partial charge in [0.15, 0.2) is 0 Å². The Bertz CT molecular complexity index is 594. The molecule has 0 radical (unpaired) electrons. The van der Waals surface area contributed by atoms with Crippen molar-refractivity contribution in [3.63, 3.8) is 0 Å². The number of hydrogen-bond donors (Lipinski definition) is 2. The third-order valence-corrected chi connectivity index (χ3v) is 5.85. The zero-order chi connectivity index (χ0) is 16.2. The Morgan fingerprint density at radius 3 is 2.45 bits per heavy atom. The Morgan fingerprint density at radius 1 is 1.32 bits per heavy atom. The van der Waals surface area contributed by atoms with E-state index < -0.39 is 16.1 Å². The maximum absolute atomic E-state index is 12.5. The second-order valence-corrected chi connectivity index (χ2v) is 7.63. The molecule has 6 nitrogen and oxygen atoms in total. The molecule has 1 aromatic rings. The molecular weight excluding hydrogens is 302 g/mol. The van der Waals surface area contributed by atoms with Crippen molar-refractivity contribution in [3.05, 3.63) is 30.3 Å². The third-order valence-electron chi connectivity index (χ3n) is 3.93. The van der Waals surface area contributed by atoms with Crippen LogP contribution in [-0.4, -0.2) is 44.3 Å². The van der Waals surface area contributed by atoms with E-state index in [1.54, 1.807) is 37.3 Å². The molecule has 0 unspecified atom stereocenters. The molecule has 1 aromatic carbocycles. The van der Waals surface area contributed by atoms with Crippen molar-refractivity contribution >= 4 is 15.9 Å². The molecule has 0 aromatic heterocycles. The predicted molar refractivity (Wildman–Crippen MR) is 84.6 cm³/mol. The summed E-state index contributed by atoms with van der Waals surface area (Å²) in [6.07, 6.45) is 1.48. The van der Waals surface area contributed by atoms with Gasteiger partial charge in [-0.25, -0.2) is 8.42 Å². The lowest BCUT2D eigenvalue weighted by Crippen LogP contribution is -2.44. The first-order chi connectivity index (χ1) is 10.4. The largest absolute Gasteiger partial charge is 0.354 e. The minimum atomic E-state index is -3.40. The number of amides is 1. The number of nitrogens with two attached hydrogens (primary N) is 1. The first-order valence-corrected chi connectivity index (χ1v) is 8.94. The summed E-state index contributed by atoms with van der Waals surface area (Å²) in [5, 5.41) is 2.81. The normalized spacial score (nSPS) is 18.8. The average molecular weight is 325 g/mol. The van der Waals surface area contributed by atoms with Crippen LogP contribution in [0, 0.1) is 5.92 Å². The molecule has 0 aliphatic carbocycles. The highest BCUT2D eigenvalue weighted by atomic mass is 32.2. The van der Waals surface area contributed by atoms with E-state index in [2.05, 4.69) is 5.32 Å². The average Bonchev–Trinajstić information content (AvgIpc) is 2.53. The fourth-order valence-corrected chi connectivity index (χ4v) is 3.99. The molecule has 3 N–H and O–H groups in total. The summed E-state index contributed by atoms with van der Waals surface area (Å²) in [5.74, 6) is 0.129. The molecule has 1 saturated heterocycles. The van der Waals surface area contributed by atoms with Crippen molar-refractivity contribution in [1.29, 1.82) is 0 Å². The summed E-state index contributed by atoms with van der Waals surface area (Å²) >= 11 is 0. The summed E-state index contributed by atoms with van der Waals surface area (Å²) in [5.41, 5.74) is 5.50. The van der Waals surface area contributed by atoms with Gasteiger partial charge in [0.1, 0.15) is 0 Å². The number of carbonyl (C=O) groups is 1. The maximum atomic E-state index is 12.5. The van der Waals surface area contributed by atoms with Gasteiger partial charge < -0.3 is 11.1 Å². The molecule has 1 aliphatic heterocycles. The molecule has 1 heterocycles. The highest BCUT2D eigenvalue weighted by molar-refractivity contribution is 7.89. The molecule has 0 spiro atoms. The molecule has 1 aliphatic rings. The van der Waals surface area contributed by atoms with Crippen molar-refractivity contribution in [1.82, 2.24) is 9.62 Å².